The van der Waals surface area contributed by atoms with Crippen LogP contribution in [0.4, 0.5) is 14.7 Å². The first-order valence-electron chi connectivity index (χ1n) is 8.80. The second-order valence-electron chi connectivity index (χ2n) is 6.29. The molecule has 0 atom stereocenters. The summed E-state index contributed by atoms with van der Waals surface area (Å²) < 4.78 is 5.88. The SMILES string of the molecule is CN(Cc1csc(NC(=O)NCc2ccc(Cl)s2)n1)C(=O)OC1=NN(C)C(=O)CC1. The van der Waals surface area contributed by atoms with Crippen LogP contribution in [0.15, 0.2) is 22.6 Å². The molecule has 1 aliphatic rings. The van der Waals surface area contributed by atoms with Crippen LogP contribution in [-0.4, -0.2) is 52.9 Å². The average Bonchev–Trinajstić information content (AvgIpc) is 3.31. The Bertz CT molecular complexity index is 975. The van der Waals surface area contributed by atoms with Gasteiger partial charge in [-0.1, -0.05) is 11.6 Å². The Balaban J connectivity index is 1.46. The number of halogens is 1. The predicted molar refractivity (Wildman–Crippen MR) is 115 cm³/mol. The van der Waals surface area contributed by atoms with Gasteiger partial charge in [0.05, 0.1) is 23.1 Å². The zero-order valence-corrected chi connectivity index (χ0v) is 18.6. The molecule has 0 saturated carbocycles. The number of rotatable bonds is 5. The standard InChI is InChI=1S/C17H19ClN6O4S2/c1-23(17(27)28-13-5-6-14(25)24(2)22-13)8-10-9-29-16(20-10)21-15(26)19-7-11-3-4-12(18)30-11/h3-4,9H,5-8H2,1-2H3,(H2,19,20,21,26). The van der Waals surface area contributed by atoms with Crippen molar-refractivity contribution in [2.24, 2.45) is 5.10 Å². The van der Waals surface area contributed by atoms with E-state index in [2.05, 4.69) is 20.7 Å². The van der Waals surface area contributed by atoms with Gasteiger partial charge in [-0.3, -0.25) is 10.1 Å². The van der Waals surface area contributed by atoms with Gasteiger partial charge in [-0.2, -0.15) is 0 Å². The number of thiophene rings is 1. The highest BCUT2D eigenvalue weighted by atomic mass is 35.5. The van der Waals surface area contributed by atoms with Crippen LogP contribution in [0, 0.1) is 0 Å². The van der Waals surface area contributed by atoms with Crippen molar-refractivity contribution in [2.75, 3.05) is 19.4 Å². The minimum atomic E-state index is -0.605. The number of amides is 4. The summed E-state index contributed by atoms with van der Waals surface area (Å²) in [5, 5.41) is 12.6. The molecule has 0 radical (unpaired) electrons. The van der Waals surface area contributed by atoms with Gasteiger partial charge in [0.25, 0.3) is 0 Å². The first-order valence-corrected chi connectivity index (χ1v) is 10.9. The summed E-state index contributed by atoms with van der Waals surface area (Å²) in [4.78, 5) is 42.2. The quantitative estimate of drug-likeness (QED) is 0.695. The summed E-state index contributed by atoms with van der Waals surface area (Å²) in [7, 11) is 3.07. The smallest absolute Gasteiger partial charge is 0.394 e. The van der Waals surface area contributed by atoms with E-state index in [0.717, 1.165) is 9.89 Å². The molecular weight excluding hydrogens is 452 g/mol. The Labute approximate surface area is 185 Å². The molecule has 0 fully saturated rings. The molecule has 0 spiro atoms. The first kappa shape index (κ1) is 22.0. The third-order valence-corrected chi connectivity index (χ3v) is 5.95. The van der Waals surface area contributed by atoms with Crippen molar-refractivity contribution in [2.45, 2.75) is 25.9 Å². The number of carbonyl (C=O) groups is 3. The number of carbonyl (C=O) groups excluding carboxylic acids is 3. The number of nitrogens with one attached hydrogen (secondary N) is 2. The highest BCUT2D eigenvalue weighted by molar-refractivity contribution is 7.16. The lowest BCUT2D eigenvalue weighted by atomic mass is 10.2. The largest absolute Gasteiger partial charge is 0.416 e. The fourth-order valence-electron chi connectivity index (χ4n) is 2.40. The van der Waals surface area contributed by atoms with E-state index < -0.39 is 6.09 Å². The Hall–Kier alpha value is -2.70. The van der Waals surface area contributed by atoms with Crippen LogP contribution in [0.5, 0.6) is 0 Å². The van der Waals surface area contributed by atoms with Crippen molar-refractivity contribution in [1.82, 2.24) is 20.2 Å². The molecular formula is C17H19ClN6O4S2. The van der Waals surface area contributed by atoms with Crippen LogP contribution in [0.1, 0.15) is 23.4 Å². The van der Waals surface area contributed by atoms with Gasteiger partial charge in [0.1, 0.15) is 0 Å². The van der Waals surface area contributed by atoms with Crippen LogP contribution in [0.25, 0.3) is 0 Å². The van der Waals surface area contributed by atoms with Crippen LogP contribution in [0.3, 0.4) is 0 Å². The Morgan fingerprint density at radius 3 is 2.87 bits per heavy atom. The van der Waals surface area contributed by atoms with Crippen LogP contribution < -0.4 is 10.6 Å². The van der Waals surface area contributed by atoms with Gasteiger partial charge in [-0.05, 0) is 12.1 Å². The monoisotopic (exact) mass is 470 g/mol. The number of urea groups is 1. The molecule has 3 heterocycles. The maximum Gasteiger partial charge on any atom is 0.416 e. The third kappa shape index (κ3) is 6.15. The highest BCUT2D eigenvalue weighted by Crippen LogP contribution is 2.21. The Morgan fingerprint density at radius 1 is 1.37 bits per heavy atom. The van der Waals surface area contributed by atoms with E-state index in [1.807, 2.05) is 6.07 Å². The fraction of sp³-hybridized carbons (Fsp3) is 0.353. The van der Waals surface area contributed by atoms with Crippen LogP contribution in [0.2, 0.25) is 4.34 Å². The van der Waals surface area contributed by atoms with Gasteiger partial charge in [0.15, 0.2) is 5.13 Å². The van der Waals surface area contributed by atoms with Crippen molar-refractivity contribution in [1.29, 1.82) is 0 Å². The maximum atomic E-state index is 12.2. The van der Waals surface area contributed by atoms with Gasteiger partial charge >= 0.3 is 12.1 Å². The van der Waals surface area contributed by atoms with Crippen molar-refractivity contribution in [3.8, 4) is 0 Å². The molecule has 0 aliphatic carbocycles. The molecule has 0 bridgehead atoms. The van der Waals surface area contributed by atoms with E-state index in [1.54, 1.807) is 18.5 Å². The lowest BCUT2D eigenvalue weighted by Gasteiger charge is -2.21. The zero-order valence-electron chi connectivity index (χ0n) is 16.2. The molecule has 2 N–H and O–H groups in total. The third-order valence-electron chi connectivity index (χ3n) is 3.92. The molecule has 2 aromatic rings. The highest BCUT2D eigenvalue weighted by Gasteiger charge is 2.22. The van der Waals surface area contributed by atoms with Gasteiger partial charge in [-0.15, -0.1) is 27.8 Å². The average molecular weight is 471 g/mol. The number of hydrogen-bond donors (Lipinski definition) is 2. The van der Waals surface area contributed by atoms with Crippen LogP contribution >= 0.6 is 34.3 Å². The van der Waals surface area contributed by atoms with Crippen molar-refractivity contribution < 1.29 is 19.1 Å². The normalized spacial score (nSPS) is 13.6. The second kappa shape index (κ2) is 9.87. The fourth-order valence-corrected chi connectivity index (χ4v) is 4.12. The molecule has 1 aliphatic heterocycles. The minimum absolute atomic E-state index is 0.131. The van der Waals surface area contributed by atoms with Gasteiger partial charge in [-0.25, -0.2) is 19.6 Å². The number of hydrazone groups is 1. The summed E-state index contributed by atoms with van der Waals surface area (Å²) in [5.41, 5.74) is 0.595. The number of aromatic nitrogens is 1. The van der Waals surface area contributed by atoms with E-state index >= 15 is 0 Å². The summed E-state index contributed by atoms with van der Waals surface area (Å²) >= 11 is 8.50. The van der Waals surface area contributed by atoms with Gasteiger partial charge in [0, 0.05) is 37.2 Å². The minimum Gasteiger partial charge on any atom is -0.394 e. The van der Waals surface area contributed by atoms with E-state index in [0.29, 0.717) is 21.7 Å². The number of hydrogen-bond acceptors (Lipinski definition) is 8. The molecule has 2 aromatic heterocycles. The lowest BCUT2D eigenvalue weighted by Crippen LogP contribution is -2.34. The van der Waals surface area contributed by atoms with Crippen molar-refractivity contribution in [3.63, 3.8) is 0 Å². The lowest BCUT2D eigenvalue weighted by molar-refractivity contribution is -0.130. The zero-order chi connectivity index (χ0) is 21.7. The van der Waals surface area contributed by atoms with Gasteiger partial charge in [0.2, 0.25) is 11.8 Å². The number of thiazole rings is 1. The molecule has 13 heteroatoms. The maximum absolute atomic E-state index is 12.2. The molecule has 0 aromatic carbocycles. The molecule has 30 heavy (non-hydrogen) atoms. The summed E-state index contributed by atoms with van der Waals surface area (Å²) in [6.07, 6.45) is -0.0821. The van der Waals surface area contributed by atoms with Crippen LogP contribution in [-0.2, 0) is 22.6 Å². The predicted octanol–water partition coefficient (Wildman–Crippen LogP) is 3.31. The number of nitrogens with zero attached hydrogens (tertiary/aromatic N) is 4. The van der Waals surface area contributed by atoms with E-state index in [-0.39, 0.29) is 37.2 Å². The molecule has 160 valence electrons. The molecule has 0 saturated heterocycles. The summed E-state index contributed by atoms with van der Waals surface area (Å²) in [5.74, 6) is 0.0622. The van der Waals surface area contributed by atoms with Crippen molar-refractivity contribution >= 4 is 63.3 Å². The van der Waals surface area contributed by atoms with Gasteiger partial charge < -0.3 is 15.0 Å². The molecule has 0 unspecified atom stereocenters. The summed E-state index contributed by atoms with van der Waals surface area (Å²) in [6, 6.07) is 3.23. The molecule has 4 amide bonds. The van der Waals surface area contributed by atoms with E-state index in [4.69, 9.17) is 16.3 Å². The Morgan fingerprint density at radius 2 is 2.17 bits per heavy atom. The van der Waals surface area contributed by atoms with E-state index in [1.165, 1.54) is 34.6 Å². The number of anilines is 1. The summed E-state index contributed by atoms with van der Waals surface area (Å²) in [6.45, 7) is 0.551. The van der Waals surface area contributed by atoms with Crippen molar-refractivity contribution in [3.05, 3.63) is 32.4 Å². The molecule has 3 rings (SSSR count). The second-order valence-corrected chi connectivity index (χ2v) is 8.95. The number of ether oxygens (including phenoxy) is 1. The topological polar surface area (TPSA) is 116 Å². The molecule has 10 nitrogen and oxygen atoms in total. The van der Waals surface area contributed by atoms with E-state index in [9.17, 15) is 14.4 Å². The first-order chi connectivity index (χ1) is 14.3. The Kier molecular flexibility index (Phi) is 7.24.